The Balaban J connectivity index is 1.87. The second-order valence-electron chi connectivity index (χ2n) is 7.10. The zero-order valence-electron chi connectivity index (χ0n) is 18.1. The van der Waals surface area contributed by atoms with Gasteiger partial charge in [0, 0.05) is 18.4 Å². The van der Waals surface area contributed by atoms with Crippen molar-refractivity contribution in [2.75, 3.05) is 18.1 Å². The summed E-state index contributed by atoms with van der Waals surface area (Å²) >= 11 is 0. The number of aromatic nitrogens is 2. The third-order valence-corrected chi connectivity index (χ3v) is 4.75. The monoisotopic (exact) mass is 445 g/mol. The standard InChI is InChI=1S/C24H26F3N3O2/c1-3-5-15-31-20-13-11-19(12-14-20)30(4-2)22-21(24(25,26)27)16-28-23(29-22)32-17-18-9-7-6-8-10-18/h6-14,16H,3-5,15,17H2,1-2H3. The largest absolute Gasteiger partial charge is 0.494 e. The fraction of sp³-hybridized carbons (Fsp3) is 0.333. The maximum Gasteiger partial charge on any atom is 0.421 e. The molecule has 0 aliphatic heterocycles. The lowest BCUT2D eigenvalue weighted by Crippen LogP contribution is -2.23. The van der Waals surface area contributed by atoms with E-state index in [1.165, 1.54) is 4.90 Å². The average Bonchev–Trinajstić information content (AvgIpc) is 2.79. The highest BCUT2D eigenvalue weighted by molar-refractivity contribution is 5.64. The summed E-state index contributed by atoms with van der Waals surface area (Å²) in [6.45, 7) is 4.86. The van der Waals surface area contributed by atoms with Crippen molar-refractivity contribution in [3.63, 3.8) is 0 Å². The van der Waals surface area contributed by atoms with Crippen LogP contribution in [0.2, 0.25) is 0 Å². The van der Waals surface area contributed by atoms with Crippen molar-refractivity contribution in [3.8, 4) is 11.8 Å². The van der Waals surface area contributed by atoms with Gasteiger partial charge in [0.1, 0.15) is 17.9 Å². The molecule has 0 atom stereocenters. The molecule has 170 valence electrons. The third-order valence-electron chi connectivity index (χ3n) is 4.75. The van der Waals surface area contributed by atoms with E-state index in [0.717, 1.165) is 24.6 Å². The van der Waals surface area contributed by atoms with Gasteiger partial charge in [-0.05, 0) is 43.2 Å². The predicted octanol–water partition coefficient (Wildman–Crippen LogP) is 6.41. The van der Waals surface area contributed by atoms with Crippen molar-refractivity contribution >= 4 is 11.5 Å². The molecule has 0 radical (unpaired) electrons. The Hall–Kier alpha value is -3.29. The first kappa shape index (κ1) is 23.4. The quantitative estimate of drug-likeness (QED) is 0.338. The fourth-order valence-corrected chi connectivity index (χ4v) is 3.07. The number of halogens is 3. The molecular weight excluding hydrogens is 419 g/mol. The average molecular weight is 445 g/mol. The summed E-state index contributed by atoms with van der Waals surface area (Å²) in [5, 5.41) is 0. The molecular formula is C24H26F3N3O2. The molecule has 0 bridgehead atoms. The lowest BCUT2D eigenvalue weighted by atomic mass is 10.2. The molecule has 1 heterocycles. The van der Waals surface area contributed by atoms with E-state index in [2.05, 4.69) is 16.9 Å². The summed E-state index contributed by atoms with van der Waals surface area (Å²) in [5.41, 5.74) is 0.506. The fourth-order valence-electron chi connectivity index (χ4n) is 3.07. The molecule has 0 fully saturated rings. The number of hydrogen-bond acceptors (Lipinski definition) is 5. The van der Waals surface area contributed by atoms with Gasteiger partial charge in [0.25, 0.3) is 0 Å². The molecule has 3 aromatic rings. The summed E-state index contributed by atoms with van der Waals surface area (Å²) in [7, 11) is 0. The maximum atomic E-state index is 13.7. The van der Waals surface area contributed by atoms with Gasteiger partial charge in [0.2, 0.25) is 0 Å². The maximum absolute atomic E-state index is 13.7. The van der Waals surface area contributed by atoms with Gasteiger partial charge in [-0.2, -0.15) is 18.2 Å². The molecule has 0 saturated carbocycles. The molecule has 0 saturated heterocycles. The summed E-state index contributed by atoms with van der Waals surface area (Å²) in [6, 6.07) is 16.1. The van der Waals surface area contributed by atoms with Crippen molar-refractivity contribution in [1.29, 1.82) is 0 Å². The lowest BCUT2D eigenvalue weighted by Gasteiger charge is -2.25. The van der Waals surface area contributed by atoms with Gasteiger partial charge < -0.3 is 14.4 Å². The van der Waals surface area contributed by atoms with Gasteiger partial charge in [-0.1, -0.05) is 43.7 Å². The molecule has 0 spiro atoms. The number of hydrogen-bond donors (Lipinski definition) is 0. The molecule has 1 aromatic heterocycles. The summed E-state index contributed by atoms with van der Waals surface area (Å²) in [6.07, 6.45) is -1.88. The molecule has 32 heavy (non-hydrogen) atoms. The summed E-state index contributed by atoms with van der Waals surface area (Å²) in [4.78, 5) is 9.40. The highest BCUT2D eigenvalue weighted by Crippen LogP contribution is 2.38. The molecule has 8 heteroatoms. The second kappa shape index (κ2) is 10.8. The molecule has 2 aromatic carbocycles. The second-order valence-corrected chi connectivity index (χ2v) is 7.10. The first-order chi connectivity index (χ1) is 15.4. The van der Waals surface area contributed by atoms with Gasteiger partial charge in [-0.15, -0.1) is 0 Å². The predicted molar refractivity (Wildman–Crippen MR) is 117 cm³/mol. The molecule has 3 rings (SSSR count). The van der Waals surface area contributed by atoms with E-state index in [9.17, 15) is 13.2 Å². The van der Waals surface area contributed by atoms with Gasteiger partial charge in [-0.25, -0.2) is 4.98 Å². The van der Waals surface area contributed by atoms with E-state index < -0.39 is 11.7 Å². The van der Waals surface area contributed by atoms with Crippen LogP contribution in [0.15, 0.2) is 60.8 Å². The van der Waals surface area contributed by atoms with E-state index in [1.807, 2.05) is 30.3 Å². The van der Waals surface area contributed by atoms with Gasteiger partial charge in [0.05, 0.1) is 6.61 Å². The number of nitrogens with zero attached hydrogens (tertiary/aromatic N) is 3. The smallest absolute Gasteiger partial charge is 0.421 e. The number of anilines is 2. The zero-order chi connectivity index (χ0) is 23.0. The van der Waals surface area contributed by atoms with Gasteiger partial charge in [-0.3, -0.25) is 0 Å². The zero-order valence-corrected chi connectivity index (χ0v) is 18.1. The summed E-state index contributed by atoms with van der Waals surface area (Å²) in [5.74, 6) is 0.418. The van der Waals surface area contributed by atoms with Crippen molar-refractivity contribution in [3.05, 3.63) is 71.9 Å². The Morgan fingerprint density at radius 3 is 2.28 bits per heavy atom. The number of unbranched alkanes of at least 4 members (excludes halogenated alkanes) is 1. The van der Waals surface area contributed by atoms with E-state index in [1.54, 1.807) is 31.2 Å². The molecule has 0 aliphatic carbocycles. The Labute approximate surface area is 185 Å². The minimum absolute atomic E-state index is 0.116. The van der Waals surface area contributed by atoms with Crippen molar-refractivity contribution in [2.24, 2.45) is 0 Å². The third kappa shape index (κ3) is 6.12. The molecule has 0 N–H and O–H groups in total. The SMILES string of the molecule is CCCCOc1ccc(N(CC)c2nc(OCc3ccccc3)ncc2C(F)(F)F)cc1. The van der Waals surface area contributed by atoms with E-state index >= 15 is 0 Å². The first-order valence-electron chi connectivity index (χ1n) is 10.5. The van der Waals surface area contributed by atoms with Crippen LogP contribution >= 0.6 is 0 Å². The van der Waals surface area contributed by atoms with Crippen LogP contribution in [0.5, 0.6) is 11.8 Å². The Bertz CT molecular complexity index is 980. The summed E-state index contributed by atoms with van der Waals surface area (Å²) < 4.78 is 52.4. The molecule has 0 amide bonds. The van der Waals surface area contributed by atoms with Crippen molar-refractivity contribution in [2.45, 2.75) is 39.5 Å². The van der Waals surface area contributed by atoms with Crippen LogP contribution in [-0.2, 0) is 12.8 Å². The van der Waals surface area contributed by atoms with Crippen LogP contribution in [0.25, 0.3) is 0 Å². The normalized spacial score (nSPS) is 11.3. The van der Waals surface area contributed by atoms with Crippen LogP contribution in [0.4, 0.5) is 24.7 Å². The van der Waals surface area contributed by atoms with Gasteiger partial charge >= 0.3 is 12.2 Å². The minimum atomic E-state index is -4.61. The highest BCUT2D eigenvalue weighted by Gasteiger charge is 2.37. The topological polar surface area (TPSA) is 47.5 Å². The first-order valence-corrected chi connectivity index (χ1v) is 10.5. The number of ether oxygens (including phenoxy) is 2. The highest BCUT2D eigenvalue weighted by atomic mass is 19.4. The van der Waals surface area contributed by atoms with E-state index in [0.29, 0.717) is 18.0 Å². The van der Waals surface area contributed by atoms with Crippen molar-refractivity contribution < 1.29 is 22.6 Å². The van der Waals surface area contributed by atoms with Gasteiger partial charge in [0.15, 0.2) is 5.82 Å². The molecule has 0 aliphatic rings. The Morgan fingerprint density at radius 1 is 0.938 bits per heavy atom. The Kier molecular flexibility index (Phi) is 7.92. The van der Waals surface area contributed by atoms with E-state index in [4.69, 9.17) is 9.47 Å². The van der Waals surface area contributed by atoms with Crippen LogP contribution in [-0.4, -0.2) is 23.1 Å². The number of benzene rings is 2. The van der Waals surface area contributed by atoms with E-state index in [-0.39, 0.29) is 25.0 Å². The van der Waals surface area contributed by atoms with Crippen molar-refractivity contribution in [1.82, 2.24) is 9.97 Å². The van der Waals surface area contributed by atoms with Crippen LogP contribution in [0.1, 0.15) is 37.8 Å². The van der Waals surface area contributed by atoms with Crippen LogP contribution < -0.4 is 14.4 Å². The molecule has 0 unspecified atom stereocenters. The number of rotatable bonds is 10. The van der Waals surface area contributed by atoms with Crippen LogP contribution in [0, 0.1) is 0 Å². The lowest BCUT2D eigenvalue weighted by molar-refractivity contribution is -0.137. The Morgan fingerprint density at radius 2 is 1.66 bits per heavy atom. The minimum Gasteiger partial charge on any atom is -0.494 e. The number of alkyl halides is 3. The van der Waals surface area contributed by atoms with Crippen LogP contribution in [0.3, 0.4) is 0 Å². The molecule has 5 nitrogen and oxygen atoms in total.